The second-order valence-electron chi connectivity index (χ2n) is 4.00. The number of hydrogen-bond acceptors (Lipinski definition) is 1. The van der Waals surface area contributed by atoms with Crippen LogP contribution >= 0.6 is 43.2 Å². The van der Waals surface area contributed by atoms with Gasteiger partial charge < -0.3 is 0 Å². The highest BCUT2D eigenvalue weighted by molar-refractivity contribution is 9.10. The van der Waals surface area contributed by atoms with Crippen LogP contribution in [-0.4, -0.2) is 5.33 Å². The predicted octanol–water partition coefficient (Wildman–Crippen LogP) is 6.37. The third kappa shape index (κ3) is 3.56. The number of alkyl halides is 1. The molecule has 0 unspecified atom stereocenters. The molecule has 0 aliphatic carbocycles. The molecule has 0 N–H and O–H groups in total. The van der Waals surface area contributed by atoms with Crippen LogP contribution in [0.3, 0.4) is 0 Å². The lowest BCUT2D eigenvalue weighted by molar-refractivity contribution is 1.13. The lowest BCUT2D eigenvalue weighted by Crippen LogP contribution is -1.79. The van der Waals surface area contributed by atoms with Crippen molar-refractivity contribution in [2.75, 3.05) is 5.33 Å². The van der Waals surface area contributed by atoms with Crippen molar-refractivity contribution in [3.8, 4) is 10.4 Å². The Hall–Kier alpha value is -0.380. The topological polar surface area (TPSA) is 0 Å². The average Bonchev–Trinajstić information content (AvgIpc) is 2.85. The molecule has 2 aromatic rings. The van der Waals surface area contributed by atoms with E-state index < -0.39 is 0 Å². The number of hydrogen-bond donors (Lipinski definition) is 0. The van der Waals surface area contributed by atoms with E-state index in [2.05, 4.69) is 81.3 Å². The van der Waals surface area contributed by atoms with Crippen LogP contribution in [0, 0.1) is 0 Å². The summed E-state index contributed by atoms with van der Waals surface area (Å²) in [6, 6.07) is 12.9. The van der Waals surface area contributed by atoms with Gasteiger partial charge in [-0.15, -0.1) is 11.3 Å². The summed E-state index contributed by atoms with van der Waals surface area (Å²) in [5.41, 5.74) is 2.71. The van der Waals surface area contributed by atoms with Crippen molar-refractivity contribution in [2.24, 2.45) is 0 Å². The SMILES string of the molecule is CCC(=Cc1ccc(-c2ccc(Br)cc2)s1)CBr. The molecule has 3 heteroatoms. The number of rotatable bonds is 4. The van der Waals surface area contributed by atoms with Crippen molar-refractivity contribution in [1.82, 2.24) is 0 Å². The summed E-state index contributed by atoms with van der Waals surface area (Å²) < 4.78 is 1.12. The largest absolute Gasteiger partial charge is 0.136 e. The van der Waals surface area contributed by atoms with Gasteiger partial charge in [-0.05, 0) is 42.3 Å². The van der Waals surface area contributed by atoms with Crippen LogP contribution in [0.4, 0.5) is 0 Å². The summed E-state index contributed by atoms with van der Waals surface area (Å²) in [5, 5.41) is 0.953. The first-order chi connectivity index (χ1) is 8.72. The maximum Gasteiger partial charge on any atom is 0.0349 e. The second-order valence-corrected chi connectivity index (χ2v) is 6.59. The van der Waals surface area contributed by atoms with E-state index in [4.69, 9.17) is 0 Å². The molecule has 0 aliphatic heterocycles. The molecule has 94 valence electrons. The summed E-state index contributed by atoms with van der Waals surface area (Å²) in [7, 11) is 0. The van der Waals surface area contributed by atoms with E-state index in [1.54, 1.807) is 0 Å². The summed E-state index contributed by atoms with van der Waals surface area (Å²) in [5.74, 6) is 0. The van der Waals surface area contributed by atoms with Crippen molar-refractivity contribution in [2.45, 2.75) is 13.3 Å². The highest BCUT2D eigenvalue weighted by Gasteiger charge is 2.02. The summed E-state index contributed by atoms with van der Waals surface area (Å²) in [4.78, 5) is 2.64. The fraction of sp³-hybridized carbons (Fsp3) is 0.200. The van der Waals surface area contributed by atoms with Crippen LogP contribution in [0.25, 0.3) is 16.5 Å². The molecule has 0 fully saturated rings. The Balaban J connectivity index is 2.25. The van der Waals surface area contributed by atoms with Crippen molar-refractivity contribution in [3.05, 3.63) is 51.3 Å². The van der Waals surface area contributed by atoms with Gasteiger partial charge in [0, 0.05) is 19.6 Å². The van der Waals surface area contributed by atoms with Crippen LogP contribution < -0.4 is 0 Å². The van der Waals surface area contributed by atoms with E-state index in [1.165, 1.54) is 20.9 Å². The van der Waals surface area contributed by atoms with Gasteiger partial charge in [-0.2, -0.15) is 0 Å². The van der Waals surface area contributed by atoms with Gasteiger partial charge in [0.1, 0.15) is 0 Å². The zero-order valence-corrected chi connectivity index (χ0v) is 14.1. The van der Waals surface area contributed by atoms with Gasteiger partial charge in [0.2, 0.25) is 0 Å². The van der Waals surface area contributed by atoms with E-state index in [-0.39, 0.29) is 0 Å². The third-order valence-corrected chi connectivity index (χ3v) is 5.06. The third-order valence-electron chi connectivity index (χ3n) is 2.73. The van der Waals surface area contributed by atoms with Gasteiger partial charge in [0.25, 0.3) is 0 Å². The maximum atomic E-state index is 3.52. The van der Waals surface area contributed by atoms with E-state index in [9.17, 15) is 0 Å². The molecule has 1 heterocycles. The molecule has 0 spiro atoms. The van der Waals surface area contributed by atoms with Gasteiger partial charge in [-0.3, -0.25) is 0 Å². The first-order valence-corrected chi connectivity index (χ1v) is 8.57. The van der Waals surface area contributed by atoms with Gasteiger partial charge in [-0.1, -0.05) is 56.5 Å². The molecular weight excluding hydrogens is 372 g/mol. The van der Waals surface area contributed by atoms with Crippen molar-refractivity contribution in [3.63, 3.8) is 0 Å². The molecular formula is C15H14Br2S. The first-order valence-electron chi connectivity index (χ1n) is 5.84. The van der Waals surface area contributed by atoms with Crippen LogP contribution in [0.5, 0.6) is 0 Å². The Morgan fingerprint density at radius 1 is 1.17 bits per heavy atom. The van der Waals surface area contributed by atoms with Crippen molar-refractivity contribution >= 4 is 49.3 Å². The lowest BCUT2D eigenvalue weighted by atomic mass is 10.2. The van der Waals surface area contributed by atoms with E-state index in [1.807, 2.05) is 11.3 Å². The predicted molar refractivity (Wildman–Crippen MR) is 89.5 cm³/mol. The van der Waals surface area contributed by atoms with Crippen molar-refractivity contribution in [1.29, 1.82) is 0 Å². The van der Waals surface area contributed by atoms with Crippen LogP contribution in [0.2, 0.25) is 0 Å². The normalized spacial score (nSPS) is 11.8. The molecule has 0 saturated heterocycles. The Labute approximate surface area is 129 Å². The van der Waals surface area contributed by atoms with E-state index in [0.717, 1.165) is 16.2 Å². The summed E-state index contributed by atoms with van der Waals surface area (Å²) in [6.45, 7) is 2.19. The van der Waals surface area contributed by atoms with Crippen molar-refractivity contribution < 1.29 is 0 Å². The number of benzene rings is 1. The highest BCUT2D eigenvalue weighted by Crippen LogP contribution is 2.30. The minimum absolute atomic E-state index is 0.953. The Morgan fingerprint density at radius 2 is 1.89 bits per heavy atom. The zero-order valence-electron chi connectivity index (χ0n) is 10.1. The molecule has 1 aromatic heterocycles. The molecule has 0 bridgehead atoms. The molecule has 0 amide bonds. The average molecular weight is 386 g/mol. The smallest absolute Gasteiger partial charge is 0.0349 e. The number of thiophene rings is 1. The fourth-order valence-corrected chi connectivity index (χ4v) is 3.46. The maximum absolute atomic E-state index is 3.52. The highest BCUT2D eigenvalue weighted by atomic mass is 79.9. The molecule has 0 nitrogen and oxygen atoms in total. The van der Waals surface area contributed by atoms with Gasteiger partial charge in [0.05, 0.1) is 0 Å². The van der Waals surface area contributed by atoms with Gasteiger partial charge in [0.15, 0.2) is 0 Å². The minimum atomic E-state index is 0.953. The van der Waals surface area contributed by atoms with Gasteiger partial charge in [-0.25, -0.2) is 0 Å². The molecule has 0 atom stereocenters. The van der Waals surface area contributed by atoms with E-state index >= 15 is 0 Å². The quantitative estimate of drug-likeness (QED) is 0.536. The monoisotopic (exact) mass is 384 g/mol. The standard InChI is InChI=1S/C15H14Br2S/c1-2-11(10-16)9-14-7-8-15(18-14)12-3-5-13(17)6-4-12/h3-9H,2,10H2,1H3. The molecule has 0 aliphatic rings. The van der Waals surface area contributed by atoms with Crippen LogP contribution in [0.15, 0.2) is 46.4 Å². The molecule has 18 heavy (non-hydrogen) atoms. The fourth-order valence-electron chi connectivity index (χ4n) is 1.64. The molecule has 2 rings (SSSR count). The minimum Gasteiger partial charge on any atom is -0.136 e. The van der Waals surface area contributed by atoms with E-state index in [0.29, 0.717) is 0 Å². The Bertz CT molecular complexity index is 532. The van der Waals surface area contributed by atoms with Crippen LogP contribution in [-0.2, 0) is 0 Å². The second kappa shape index (κ2) is 6.69. The number of halogens is 2. The molecule has 0 saturated carbocycles. The Kier molecular flexibility index (Phi) is 5.22. The number of allylic oxidation sites excluding steroid dienone is 1. The van der Waals surface area contributed by atoms with Gasteiger partial charge >= 0.3 is 0 Å². The molecule has 0 radical (unpaired) electrons. The zero-order chi connectivity index (χ0) is 13.0. The first kappa shape index (κ1) is 14.0. The Morgan fingerprint density at radius 3 is 2.50 bits per heavy atom. The summed E-state index contributed by atoms with van der Waals surface area (Å²) >= 11 is 8.83. The molecule has 1 aromatic carbocycles. The summed E-state index contributed by atoms with van der Waals surface area (Å²) in [6.07, 6.45) is 3.37. The lowest BCUT2D eigenvalue weighted by Gasteiger charge is -1.98. The van der Waals surface area contributed by atoms with Crippen LogP contribution in [0.1, 0.15) is 18.2 Å².